The van der Waals surface area contributed by atoms with E-state index in [4.69, 9.17) is 9.16 Å². The zero-order valence-corrected chi connectivity index (χ0v) is 16.1. The summed E-state index contributed by atoms with van der Waals surface area (Å²) in [5.74, 6) is -0.266. The average molecular weight is 369 g/mol. The van der Waals surface area contributed by atoms with Gasteiger partial charge in [-0.2, -0.15) is 0 Å². The highest BCUT2D eigenvalue weighted by Gasteiger charge is 2.39. The van der Waals surface area contributed by atoms with Crippen LogP contribution >= 0.6 is 15.9 Å². The summed E-state index contributed by atoms with van der Waals surface area (Å²) in [7, 11) is -1.97. The number of carbonyl (C=O) groups is 1. The minimum Gasteiger partial charge on any atom is -0.466 e. The quantitative estimate of drug-likeness (QED) is 0.404. The molecule has 0 aromatic heterocycles. The summed E-state index contributed by atoms with van der Waals surface area (Å²) in [6, 6.07) is 0. The first-order valence-electron chi connectivity index (χ1n) is 7.11. The van der Waals surface area contributed by atoms with Crippen LogP contribution in [0.3, 0.4) is 0 Å². The van der Waals surface area contributed by atoms with Gasteiger partial charge in [0, 0.05) is 5.33 Å². The third-order valence-corrected chi connectivity index (χ3v) is 8.96. The molecule has 0 amide bonds. The first kappa shape index (κ1) is 20.1. The van der Waals surface area contributed by atoms with Crippen molar-refractivity contribution in [3.63, 3.8) is 0 Å². The van der Waals surface area contributed by atoms with Crippen LogP contribution in [-0.2, 0) is 14.0 Å². The molecule has 2 unspecified atom stereocenters. The Kier molecular flexibility index (Phi) is 8.55. The van der Waals surface area contributed by atoms with E-state index in [1.54, 1.807) is 6.92 Å². The van der Waals surface area contributed by atoms with E-state index in [9.17, 15) is 9.90 Å². The molecule has 0 saturated carbocycles. The van der Waals surface area contributed by atoms with Gasteiger partial charge < -0.3 is 14.3 Å². The van der Waals surface area contributed by atoms with Crippen molar-refractivity contribution < 1.29 is 19.1 Å². The van der Waals surface area contributed by atoms with Crippen molar-refractivity contribution in [3.8, 4) is 0 Å². The van der Waals surface area contributed by atoms with E-state index < -0.39 is 14.4 Å². The zero-order chi connectivity index (χ0) is 16.0. The van der Waals surface area contributed by atoms with Crippen LogP contribution in [0.4, 0.5) is 0 Å². The Morgan fingerprint density at radius 2 is 1.90 bits per heavy atom. The predicted octanol–water partition coefficient (Wildman–Crippen LogP) is 3.48. The summed E-state index contributed by atoms with van der Waals surface area (Å²) in [5.41, 5.74) is 0. The highest BCUT2D eigenvalue weighted by Crippen LogP contribution is 2.38. The maximum atomic E-state index is 11.7. The second-order valence-electron chi connectivity index (χ2n) is 6.55. The third-order valence-electron chi connectivity index (χ3n) is 3.68. The number of aliphatic hydroxyl groups is 1. The topological polar surface area (TPSA) is 55.8 Å². The molecule has 0 aliphatic heterocycles. The SMILES string of the molecule is CCOC(=O)CC(CC(O)CBr)O[Si](C)(C)C(C)(C)C. The first-order valence-corrected chi connectivity index (χ1v) is 11.1. The van der Waals surface area contributed by atoms with E-state index in [-0.39, 0.29) is 23.5 Å². The molecule has 0 heterocycles. The monoisotopic (exact) mass is 368 g/mol. The molecule has 20 heavy (non-hydrogen) atoms. The first-order chi connectivity index (χ1) is 9.03. The van der Waals surface area contributed by atoms with Gasteiger partial charge in [0.25, 0.3) is 0 Å². The third kappa shape index (κ3) is 7.20. The van der Waals surface area contributed by atoms with Crippen LogP contribution in [0, 0.1) is 0 Å². The summed E-state index contributed by atoms with van der Waals surface area (Å²) >= 11 is 3.25. The van der Waals surface area contributed by atoms with Crippen molar-refractivity contribution in [1.82, 2.24) is 0 Å². The van der Waals surface area contributed by atoms with Crippen LogP contribution in [0.25, 0.3) is 0 Å². The van der Waals surface area contributed by atoms with Gasteiger partial charge in [-0.3, -0.25) is 4.79 Å². The molecule has 0 aliphatic carbocycles. The fraction of sp³-hybridized carbons (Fsp3) is 0.929. The second-order valence-corrected chi connectivity index (χ2v) is 12.0. The largest absolute Gasteiger partial charge is 0.466 e. The smallest absolute Gasteiger partial charge is 0.308 e. The zero-order valence-electron chi connectivity index (χ0n) is 13.5. The van der Waals surface area contributed by atoms with Gasteiger partial charge in [0.1, 0.15) is 0 Å². The maximum Gasteiger partial charge on any atom is 0.308 e. The summed E-state index contributed by atoms with van der Waals surface area (Å²) in [6.07, 6.45) is -0.164. The van der Waals surface area contributed by atoms with E-state index >= 15 is 0 Å². The second kappa shape index (κ2) is 8.51. The van der Waals surface area contributed by atoms with Gasteiger partial charge in [0.15, 0.2) is 8.32 Å². The molecule has 0 aliphatic rings. The molecule has 2 atom stereocenters. The molecular formula is C14H29BrO4Si. The van der Waals surface area contributed by atoms with E-state index in [2.05, 4.69) is 49.8 Å². The summed E-state index contributed by atoms with van der Waals surface area (Å²) in [5, 5.41) is 10.4. The van der Waals surface area contributed by atoms with Gasteiger partial charge in [-0.25, -0.2) is 0 Å². The average Bonchev–Trinajstić information content (AvgIpc) is 2.26. The van der Waals surface area contributed by atoms with Crippen molar-refractivity contribution in [2.45, 2.75) is 70.9 Å². The number of alkyl halides is 1. The van der Waals surface area contributed by atoms with E-state index in [0.29, 0.717) is 18.4 Å². The van der Waals surface area contributed by atoms with Crippen molar-refractivity contribution in [2.75, 3.05) is 11.9 Å². The number of ether oxygens (including phenoxy) is 1. The molecule has 0 aromatic rings. The maximum absolute atomic E-state index is 11.7. The number of halogens is 1. The number of esters is 1. The van der Waals surface area contributed by atoms with E-state index in [1.807, 2.05) is 0 Å². The van der Waals surface area contributed by atoms with Crippen LogP contribution in [0.1, 0.15) is 40.5 Å². The van der Waals surface area contributed by atoms with Crippen LogP contribution in [0.2, 0.25) is 18.1 Å². The molecular weight excluding hydrogens is 340 g/mol. The minimum atomic E-state index is -1.97. The van der Waals surface area contributed by atoms with Crippen molar-refractivity contribution in [1.29, 1.82) is 0 Å². The van der Waals surface area contributed by atoms with Gasteiger partial charge in [-0.05, 0) is 31.5 Å². The number of rotatable bonds is 8. The number of aliphatic hydroxyl groups excluding tert-OH is 1. The molecule has 0 saturated heterocycles. The Bertz CT molecular complexity index is 302. The van der Waals surface area contributed by atoms with Crippen molar-refractivity contribution in [3.05, 3.63) is 0 Å². The summed E-state index contributed by atoms with van der Waals surface area (Å²) < 4.78 is 11.2. The lowest BCUT2D eigenvalue weighted by Crippen LogP contribution is -2.45. The lowest BCUT2D eigenvalue weighted by atomic mass is 10.1. The summed E-state index contributed by atoms with van der Waals surface area (Å²) in [4.78, 5) is 11.7. The van der Waals surface area contributed by atoms with Gasteiger partial charge in [0.05, 0.1) is 25.2 Å². The molecule has 0 rings (SSSR count). The van der Waals surface area contributed by atoms with Crippen LogP contribution < -0.4 is 0 Å². The highest BCUT2D eigenvalue weighted by molar-refractivity contribution is 9.09. The van der Waals surface area contributed by atoms with E-state index in [0.717, 1.165) is 0 Å². The normalized spacial score (nSPS) is 15.8. The summed E-state index contributed by atoms with van der Waals surface area (Å²) in [6.45, 7) is 12.9. The fourth-order valence-corrected chi connectivity index (χ4v) is 3.17. The lowest BCUT2D eigenvalue weighted by molar-refractivity contribution is -0.145. The predicted molar refractivity (Wildman–Crippen MR) is 87.7 cm³/mol. The van der Waals surface area contributed by atoms with Gasteiger partial charge >= 0.3 is 5.97 Å². The van der Waals surface area contributed by atoms with Gasteiger partial charge in [-0.1, -0.05) is 36.7 Å². The Morgan fingerprint density at radius 1 is 1.35 bits per heavy atom. The standard InChI is InChI=1S/C14H29BrO4Si/c1-7-18-13(17)9-12(8-11(16)10-15)19-20(5,6)14(2,3)4/h11-12,16H,7-10H2,1-6H3. The Balaban J connectivity index is 4.80. The van der Waals surface area contributed by atoms with E-state index in [1.165, 1.54) is 0 Å². The molecule has 0 radical (unpaired) electrons. The van der Waals surface area contributed by atoms with Crippen LogP contribution in [0.15, 0.2) is 0 Å². The fourth-order valence-electron chi connectivity index (χ4n) is 1.54. The Labute approximate surface area is 132 Å². The molecule has 1 N–H and O–H groups in total. The van der Waals surface area contributed by atoms with Gasteiger partial charge in [-0.15, -0.1) is 0 Å². The van der Waals surface area contributed by atoms with Gasteiger partial charge in [0.2, 0.25) is 0 Å². The Morgan fingerprint density at radius 3 is 2.30 bits per heavy atom. The number of hydrogen-bond acceptors (Lipinski definition) is 4. The molecule has 0 bridgehead atoms. The number of hydrogen-bond donors (Lipinski definition) is 1. The molecule has 4 nitrogen and oxygen atoms in total. The van der Waals surface area contributed by atoms with Crippen molar-refractivity contribution >= 4 is 30.2 Å². The molecule has 0 fully saturated rings. The Hall–Kier alpha value is 0.0869. The highest BCUT2D eigenvalue weighted by atomic mass is 79.9. The molecule has 0 aromatic carbocycles. The molecule has 0 spiro atoms. The van der Waals surface area contributed by atoms with Crippen molar-refractivity contribution in [2.24, 2.45) is 0 Å². The molecule has 6 heteroatoms. The van der Waals surface area contributed by atoms with Crippen LogP contribution in [-0.4, -0.2) is 43.5 Å². The number of carbonyl (C=O) groups excluding carboxylic acids is 1. The molecule has 120 valence electrons. The lowest BCUT2D eigenvalue weighted by Gasteiger charge is -2.39. The van der Waals surface area contributed by atoms with Crippen LogP contribution in [0.5, 0.6) is 0 Å². The minimum absolute atomic E-state index is 0.0687.